The maximum Gasteiger partial charge on any atom is 0.233 e. The number of imide groups is 1. The average Bonchev–Trinajstić information content (AvgIpc) is 3.13. The molecule has 0 spiro atoms. The highest BCUT2D eigenvalue weighted by atomic mass is 16.3. The van der Waals surface area contributed by atoms with Gasteiger partial charge in [-0.15, -0.1) is 0 Å². The standard InChI is InChI=1S/C30H31NO5/c1-15-12-17(8-11-23(15)32)25-19-9-10-20-26(30(36)31(29(20)35)18-6-4-3-5-7-18)21(19)14-22-24(33)13-16(2)28(34)27(22)25/h8-9,11-13,18,20-21,25-26,32H,3-7,10,14H2,1-2H3/t20-,21+,25-,26-/m0/s1. The van der Waals surface area contributed by atoms with E-state index in [1.54, 1.807) is 30.9 Å². The molecule has 2 fully saturated rings. The van der Waals surface area contributed by atoms with Crippen LogP contribution in [0.5, 0.6) is 5.75 Å². The van der Waals surface area contributed by atoms with Crippen LogP contribution in [0.15, 0.2) is 52.6 Å². The van der Waals surface area contributed by atoms with E-state index in [-0.39, 0.29) is 41.1 Å². The summed E-state index contributed by atoms with van der Waals surface area (Å²) in [6, 6.07) is 5.26. The van der Waals surface area contributed by atoms with Crippen LogP contribution in [0.2, 0.25) is 0 Å². The molecule has 1 aromatic rings. The summed E-state index contributed by atoms with van der Waals surface area (Å²) in [7, 11) is 0. The van der Waals surface area contributed by atoms with E-state index in [2.05, 4.69) is 6.08 Å². The Bertz CT molecular complexity index is 1310. The van der Waals surface area contributed by atoms with Crippen LogP contribution in [0.1, 0.15) is 68.9 Å². The minimum atomic E-state index is -0.496. The maximum atomic E-state index is 13.9. The molecule has 1 saturated carbocycles. The highest BCUT2D eigenvalue weighted by Crippen LogP contribution is 2.55. The van der Waals surface area contributed by atoms with Crippen molar-refractivity contribution in [1.29, 1.82) is 0 Å². The van der Waals surface area contributed by atoms with Gasteiger partial charge in [-0.05, 0) is 68.7 Å². The molecule has 1 aliphatic heterocycles. The number of nitrogens with zero attached hydrogens (tertiary/aromatic N) is 1. The fourth-order valence-corrected chi connectivity index (χ4v) is 7.32. The minimum Gasteiger partial charge on any atom is -0.508 e. The summed E-state index contributed by atoms with van der Waals surface area (Å²) in [5, 5.41) is 10.1. The zero-order valence-corrected chi connectivity index (χ0v) is 20.8. The molecule has 0 aromatic heterocycles. The van der Waals surface area contributed by atoms with E-state index in [4.69, 9.17) is 0 Å². The Morgan fingerprint density at radius 1 is 0.944 bits per heavy atom. The number of allylic oxidation sites excluding steroid dienone is 6. The van der Waals surface area contributed by atoms with Crippen LogP contribution in [0.3, 0.4) is 0 Å². The van der Waals surface area contributed by atoms with Crippen LogP contribution in [0.4, 0.5) is 0 Å². The molecule has 1 aromatic carbocycles. The van der Waals surface area contributed by atoms with Gasteiger partial charge in [-0.3, -0.25) is 24.1 Å². The number of aryl methyl sites for hydroxylation is 1. The summed E-state index contributed by atoms with van der Waals surface area (Å²) in [5.41, 5.74) is 3.85. The van der Waals surface area contributed by atoms with Gasteiger partial charge in [-0.1, -0.05) is 43.0 Å². The Kier molecular flexibility index (Phi) is 5.39. The zero-order chi connectivity index (χ0) is 25.3. The molecule has 4 aliphatic carbocycles. The molecule has 6 nitrogen and oxygen atoms in total. The Morgan fingerprint density at radius 2 is 1.69 bits per heavy atom. The number of phenols is 1. The molecule has 1 heterocycles. The second-order valence-corrected chi connectivity index (χ2v) is 11.1. The molecular formula is C30H31NO5. The van der Waals surface area contributed by atoms with Crippen molar-refractivity contribution >= 4 is 23.4 Å². The largest absolute Gasteiger partial charge is 0.508 e. The number of Topliss-reactive ketones (excluding diaryl/α,β-unsaturated/α-hetero) is 1. The predicted octanol–water partition coefficient (Wildman–Crippen LogP) is 4.46. The van der Waals surface area contributed by atoms with E-state index in [1.807, 2.05) is 6.07 Å². The summed E-state index contributed by atoms with van der Waals surface area (Å²) in [6.45, 7) is 3.47. The first-order chi connectivity index (χ1) is 17.3. The number of benzene rings is 1. The predicted molar refractivity (Wildman–Crippen MR) is 133 cm³/mol. The van der Waals surface area contributed by atoms with E-state index in [9.17, 15) is 24.3 Å². The number of rotatable bonds is 2. The Hall–Kier alpha value is -3.28. The van der Waals surface area contributed by atoms with Crippen molar-refractivity contribution in [3.8, 4) is 5.75 Å². The summed E-state index contributed by atoms with van der Waals surface area (Å²) >= 11 is 0. The lowest BCUT2D eigenvalue weighted by Gasteiger charge is -2.42. The number of amides is 2. The Labute approximate surface area is 210 Å². The number of phenolic OH excluding ortho intramolecular Hbond substituents is 1. The summed E-state index contributed by atoms with van der Waals surface area (Å²) < 4.78 is 0. The van der Waals surface area contributed by atoms with Crippen LogP contribution in [-0.2, 0) is 19.2 Å². The second kappa shape index (κ2) is 8.39. The number of hydrogen-bond donors (Lipinski definition) is 1. The van der Waals surface area contributed by atoms with Crippen molar-refractivity contribution in [2.75, 3.05) is 0 Å². The highest BCUT2D eigenvalue weighted by molar-refractivity contribution is 6.23. The number of carbonyl (C=O) groups excluding carboxylic acids is 4. The minimum absolute atomic E-state index is 0.0230. The van der Waals surface area contributed by atoms with E-state index in [0.29, 0.717) is 35.1 Å². The third-order valence-electron chi connectivity index (χ3n) is 9.09. The lowest BCUT2D eigenvalue weighted by Crippen LogP contribution is -2.43. The first kappa shape index (κ1) is 23.1. The number of carbonyl (C=O) groups is 4. The average molecular weight is 486 g/mol. The summed E-state index contributed by atoms with van der Waals surface area (Å²) in [4.78, 5) is 55.6. The van der Waals surface area contributed by atoms with Crippen LogP contribution in [0, 0.1) is 24.7 Å². The lowest BCUT2D eigenvalue weighted by molar-refractivity contribution is -0.143. The van der Waals surface area contributed by atoms with Gasteiger partial charge in [0.05, 0.1) is 11.8 Å². The molecule has 1 saturated heterocycles. The Morgan fingerprint density at radius 3 is 2.42 bits per heavy atom. The maximum absolute atomic E-state index is 13.9. The number of aromatic hydroxyl groups is 1. The molecule has 0 unspecified atom stereocenters. The van der Waals surface area contributed by atoms with Gasteiger partial charge in [0.15, 0.2) is 11.6 Å². The second-order valence-electron chi connectivity index (χ2n) is 11.1. The van der Waals surface area contributed by atoms with Crippen LogP contribution >= 0.6 is 0 Å². The SMILES string of the molecule is CC1=CC(=O)C2=C(C1=O)[C@@H](c1ccc(O)c(C)c1)C1=CC[C@@H]3C(=O)N(C4CCCCC4)C(=O)[C@@H]3[C@@H]1C2. The number of hydrogen-bond acceptors (Lipinski definition) is 5. The third kappa shape index (κ3) is 3.30. The van der Waals surface area contributed by atoms with Gasteiger partial charge in [0.2, 0.25) is 11.8 Å². The van der Waals surface area contributed by atoms with Crippen LogP contribution < -0.4 is 0 Å². The molecular weight excluding hydrogens is 454 g/mol. The molecule has 1 N–H and O–H groups in total. The topological polar surface area (TPSA) is 91.8 Å². The molecule has 6 heteroatoms. The fraction of sp³-hybridized carbons (Fsp3) is 0.467. The fourth-order valence-electron chi connectivity index (χ4n) is 7.32. The highest BCUT2D eigenvalue weighted by Gasteiger charge is 2.57. The van der Waals surface area contributed by atoms with Gasteiger partial charge in [0, 0.05) is 28.7 Å². The molecule has 0 radical (unpaired) electrons. The van der Waals surface area contributed by atoms with E-state index < -0.39 is 17.8 Å². The molecule has 5 aliphatic rings. The summed E-state index contributed by atoms with van der Waals surface area (Å²) in [5.74, 6) is -1.97. The van der Waals surface area contributed by atoms with Crippen molar-refractivity contribution < 1.29 is 24.3 Å². The normalized spacial score (nSPS) is 30.7. The molecule has 2 amide bonds. The van der Waals surface area contributed by atoms with Gasteiger partial charge in [-0.25, -0.2) is 0 Å². The molecule has 36 heavy (non-hydrogen) atoms. The number of likely N-dealkylation sites (tertiary alicyclic amines) is 1. The first-order valence-electron chi connectivity index (χ1n) is 13.1. The van der Waals surface area contributed by atoms with E-state index in [1.165, 1.54) is 6.08 Å². The van der Waals surface area contributed by atoms with Crippen molar-refractivity contribution in [3.05, 3.63) is 63.8 Å². The van der Waals surface area contributed by atoms with Gasteiger partial charge < -0.3 is 5.11 Å². The third-order valence-corrected chi connectivity index (χ3v) is 9.09. The molecule has 4 atom stereocenters. The monoisotopic (exact) mass is 485 g/mol. The number of fused-ring (bicyclic) bond motifs is 3. The number of ketones is 2. The van der Waals surface area contributed by atoms with Gasteiger partial charge in [0.25, 0.3) is 0 Å². The van der Waals surface area contributed by atoms with Crippen molar-refractivity contribution in [2.24, 2.45) is 17.8 Å². The van der Waals surface area contributed by atoms with Crippen molar-refractivity contribution in [3.63, 3.8) is 0 Å². The first-order valence-corrected chi connectivity index (χ1v) is 13.1. The quantitative estimate of drug-likeness (QED) is 0.379. The van der Waals surface area contributed by atoms with Gasteiger partial charge in [-0.2, -0.15) is 0 Å². The van der Waals surface area contributed by atoms with E-state index >= 15 is 0 Å². The molecule has 0 bridgehead atoms. The smallest absolute Gasteiger partial charge is 0.233 e. The van der Waals surface area contributed by atoms with E-state index in [0.717, 1.165) is 43.2 Å². The zero-order valence-electron chi connectivity index (χ0n) is 20.8. The lowest BCUT2D eigenvalue weighted by atomic mass is 9.59. The van der Waals surface area contributed by atoms with Crippen LogP contribution in [-0.4, -0.2) is 39.4 Å². The van der Waals surface area contributed by atoms with Gasteiger partial charge >= 0.3 is 0 Å². The molecule has 186 valence electrons. The van der Waals surface area contributed by atoms with Crippen molar-refractivity contribution in [2.45, 2.75) is 70.8 Å². The van der Waals surface area contributed by atoms with Crippen LogP contribution in [0.25, 0.3) is 0 Å². The van der Waals surface area contributed by atoms with Crippen molar-refractivity contribution in [1.82, 2.24) is 4.90 Å². The van der Waals surface area contributed by atoms with Gasteiger partial charge in [0.1, 0.15) is 5.75 Å². The molecule has 6 rings (SSSR count). The Balaban J connectivity index is 1.47. The summed E-state index contributed by atoms with van der Waals surface area (Å²) in [6.07, 6.45) is 9.18.